The molecule has 1 N–H and O–H groups in total. The molecule has 1 aromatic rings. The Balaban J connectivity index is 2.40. The molecule has 1 aromatic carbocycles. The minimum Gasteiger partial charge on any atom is -0.378 e. The van der Waals surface area contributed by atoms with E-state index in [1.54, 1.807) is 6.92 Å². The summed E-state index contributed by atoms with van der Waals surface area (Å²) in [5.41, 5.74) is 2.23. The summed E-state index contributed by atoms with van der Waals surface area (Å²) in [4.78, 5) is 13.9. The lowest BCUT2D eigenvalue weighted by Gasteiger charge is -2.15. The fourth-order valence-electron chi connectivity index (χ4n) is 1.66. The van der Waals surface area contributed by atoms with E-state index in [9.17, 15) is 4.79 Å². The first-order valence-electron chi connectivity index (χ1n) is 7.05. The molecule has 1 unspecified atom stereocenters. The molecule has 0 radical (unpaired) electrons. The molecule has 1 amide bonds. The highest BCUT2D eigenvalue weighted by molar-refractivity contribution is 5.80. The van der Waals surface area contributed by atoms with Crippen molar-refractivity contribution in [2.75, 3.05) is 25.6 Å². The minimum atomic E-state index is -0.404. The smallest absolute Gasteiger partial charge is 0.249 e. The second kappa shape index (κ2) is 7.90. The molecule has 0 aromatic heterocycles. The summed E-state index contributed by atoms with van der Waals surface area (Å²) < 4.78 is 5.49. The van der Waals surface area contributed by atoms with Gasteiger partial charge in [0.2, 0.25) is 5.91 Å². The van der Waals surface area contributed by atoms with Gasteiger partial charge in [-0.15, -0.1) is 0 Å². The molecule has 0 fully saturated rings. The molecule has 0 aliphatic heterocycles. The van der Waals surface area contributed by atoms with E-state index in [0.29, 0.717) is 19.1 Å². The summed E-state index contributed by atoms with van der Waals surface area (Å²) in [6.45, 7) is 7.05. The van der Waals surface area contributed by atoms with Gasteiger partial charge in [0, 0.05) is 32.9 Å². The van der Waals surface area contributed by atoms with Crippen molar-refractivity contribution in [2.24, 2.45) is 5.92 Å². The van der Waals surface area contributed by atoms with E-state index in [4.69, 9.17) is 4.74 Å². The van der Waals surface area contributed by atoms with E-state index in [2.05, 4.69) is 19.2 Å². The summed E-state index contributed by atoms with van der Waals surface area (Å²) >= 11 is 0. The van der Waals surface area contributed by atoms with E-state index in [1.165, 1.54) is 0 Å². The van der Waals surface area contributed by atoms with Crippen LogP contribution in [0.4, 0.5) is 5.69 Å². The number of benzene rings is 1. The number of carbonyl (C=O) groups excluding carboxylic acids is 1. The van der Waals surface area contributed by atoms with Crippen LogP contribution in [0.5, 0.6) is 0 Å². The average molecular weight is 278 g/mol. The van der Waals surface area contributed by atoms with Crippen LogP contribution in [0.15, 0.2) is 24.3 Å². The third-order valence-electron chi connectivity index (χ3n) is 2.97. The highest BCUT2D eigenvalue weighted by atomic mass is 16.5. The van der Waals surface area contributed by atoms with Gasteiger partial charge in [-0.05, 0) is 30.5 Å². The first-order valence-corrected chi connectivity index (χ1v) is 7.05. The molecule has 0 aliphatic rings. The van der Waals surface area contributed by atoms with Gasteiger partial charge < -0.3 is 15.0 Å². The van der Waals surface area contributed by atoms with Crippen molar-refractivity contribution in [1.29, 1.82) is 0 Å². The molecule has 0 saturated heterocycles. The van der Waals surface area contributed by atoms with Crippen molar-refractivity contribution in [3.05, 3.63) is 29.8 Å². The molecular weight excluding hydrogens is 252 g/mol. The van der Waals surface area contributed by atoms with E-state index in [0.717, 1.165) is 11.3 Å². The summed E-state index contributed by atoms with van der Waals surface area (Å²) in [7, 11) is 4.01. The molecule has 112 valence electrons. The SMILES string of the molecule is CC(C)COC(C)C(=O)NCc1ccc(N(C)C)cc1. The van der Waals surface area contributed by atoms with Crippen molar-refractivity contribution in [1.82, 2.24) is 5.32 Å². The number of hydrogen-bond acceptors (Lipinski definition) is 3. The van der Waals surface area contributed by atoms with Gasteiger partial charge in [-0.3, -0.25) is 4.79 Å². The quantitative estimate of drug-likeness (QED) is 0.833. The zero-order valence-electron chi connectivity index (χ0n) is 13.1. The predicted molar refractivity (Wildman–Crippen MR) is 82.9 cm³/mol. The van der Waals surface area contributed by atoms with Crippen molar-refractivity contribution in [2.45, 2.75) is 33.4 Å². The Kier molecular flexibility index (Phi) is 6.52. The second-order valence-corrected chi connectivity index (χ2v) is 5.65. The summed E-state index contributed by atoms with van der Waals surface area (Å²) in [6, 6.07) is 8.13. The standard InChI is InChI=1S/C16H26N2O2/c1-12(2)11-20-13(3)16(19)17-10-14-6-8-15(9-7-14)18(4)5/h6-9,12-13H,10-11H2,1-5H3,(H,17,19). The Bertz CT molecular complexity index is 413. The van der Waals surface area contributed by atoms with Gasteiger partial charge in [-0.2, -0.15) is 0 Å². The number of amides is 1. The zero-order valence-corrected chi connectivity index (χ0v) is 13.1. The topological polar surface area (TPSA) is 41.6 Å². The van der Waals surface area contributed by atoms with E-state index >= 15 is 0 Å². The predicted octanol–water partition coefficient (Wildman–Crippen LogP) is 2.43. The highest BCUT2D eigenvalue weighted by Gasteiger charge is 2.13. The molecule has 4 heteroatoms. The van der Waals surface area contributed by atoms with Crippen LogP contribution in [0, 0.1) is 5.92 Å². The molecule has 1 atom stereocenters. The van der Waals surface area contributed by atoms with E-state index in [1.807, 2.05) is 43.3 Å². The number of carbonyl (C=O) groups is 1. The van der Waals surface area contributed by atoms with Gasteiger partial charge in [0.1, 0.15) is 6.10 Å². The molecule has 0 heterocycles. The van der Waals surface area contributed by atoms with E-state index < -0.39 is 6.10 Å². The van der Waals surface area contributed by atoms with E-state index in [-0.39, 0.29) is 5.91 Å². The largest absolute Gasteiger partial charge is 0.378 e. The van der Waals surface area contributed by atoms with Crippen LogP contribution in [0.2, 0.25) is 0 Å². The molecule has 0 saturated carbocycles. The molecule has 1 rings (SSSR count). The Morgan fingerprint density at radius 3 is 2.30 bits per heavy atom. The van der Waals surface area contributed by atoms with Crippen molar-refractivity contribution >= 4 is 11.6 Å². The first kappa shape index (κ1) is 16.5. The van der Waals surface area contributed by atoms with Gasteiger partial charge in [-0.1, -0.05) is 26.0 Å². The second-order valence-electron chi connectivity index (χ2n) is 5.65. The lowest BCUT2D eigenvalue weighted by molar-refractivity contribution is -0.132. The monoisotopic (exact) mass is 278 g/mol. The maximum Gasteiger partial charge on any atom is 0.249 e. The van der Waals surface area contributed by atoms with Crippen LogP contribution in [-0.2, 0) is 16.1 Å². The molecule has 0 aliphatic carbocycles. The molecule has 0 spiro atoms. The van der Waals surface area contributed by atoms with Gasteiger partial charge in [-0.25, -0.2) is 0 Å². The number of nitrogens with one attached hydrogen (secondary N) is 1. The van der Waals surface area contributed by atoms with Crippen LogP contribution in [0.3, 0.4) is 0 Å². The highest BCUT2D eigenvalue weighted by Crippen LogP contribution is 2.12. The molecule has 20 heavy (non-hydrogen) atoms. The fourth-order valence-corrected chi connectivity index (χ4v) is 1.66. The number of ether oxygens (including phenoxy) is 1. The van der Waals surface area contributed by atoms with Gasteiger partial charge in [0.25, 0.3) is 0 Å². The minimum absolute atomic E-state index is 0.0673. The molecule has 4 nitrogen and oxygen atoms in total. The lowest BCUT2D eigenvalue weighted by atomic mass is 10.2. The average Bonchev–Trinajstić information content (AvgIpc) is 2.42. The third kappa shape index (κ3) is 5.61. The first-order chi connectivity index (χ1) is 9.40. The van der Waals surface area contributed by atoms with Crippen LogP contribution in [0.1, 0.15) is 26.3 Å². The van der Waals surface area contributed by atoms with Crippen molar-refractivity contribution in [3.8, 4) is 0 Å². The fraction of sp³-hybridized carbons (Fsp3) is 0.562. The van der Waals surface area contributed by atoms with Crippen molar-refractivity contribution < 1.29 is 9.53 Å². The number of rotatable bonds is 7. The zero-order chi connectivity index (χ0) is 15.1. The summed E-state index contributed by atoms with van der Waals surface area (Å²) in [5, 5.41) is 2.89. The van der Waals surface area contributed by atoms with Gasteiger partial charge in [0.05, 0.1) is 0 Å². The number of nitrogens with zero attached hydrogens (tertiary/aromatic N) is 1. The summed E-state index contributed by atoms with van der Waals surface area (Å²) in [5.74, 6) is 0.367. The van der Waals surface area contributed by atoms with Crippen LogP contribution in [-0.4, -0.2) is 32.7 Å². The van der Waals surface area contributed by atoms with Gasteiger partial charge in [0.15, 0.2) is 0 Å². The van der Waals surface area contributed by atoms with Crippen LogP contribution < -0.4 is 10.2 Å². The lowest BCUT2D eigenvalue weighted by Crippen LogP contribution is -2.34. The molecule has 0 bridgehead atoms. The van der Waals surface area contributed by atoms with Crippen LogP contribution in [0.25, 0.3) is 0 Å². The Labute approximate surface area is 122 Å². The van der Waals surface area contributed by atoms with Crippen molar-refractivity contribution in [3.63, 3.8) is 0 Å². The Hall–Kier alpha value is -1.55. The van der Waals surface area contributed by atoms with Crippen LogP contribution >= 0.6 is 0 Å². The number of hydrogen-bond donors (Lipinski definition) is 1. The van der Waals surface area contributed by atoms with Gasteiger partial charge >= 0.3 is 0 Å². The number of anilines is 1. The normalized spacial score (nSPS) is 12.3. The summed E-state index contributed by atoms with van der Waals surface area (Å²) in [6.07, 6.45) is -0.404. The molecular formula is C16H26N2O2. The Morgan fingerprint density at radius 1 is 1.20 bits per heavy atom. The third-order valence-corrected chi connectivity index (χ3v) is 2.97. The maximum atomic E-state index is 11.9. The maximum absolute atomic E-state index is 11.9. The Morgan fingerprint density at radius 2 is 1.80 bits per heavy atom.